The molecule has 7 nitrogen and oxygen atoms in total. The first-order valence-electron chi connectivity index (χ1n) is 10.8. The van der Waals surface area contributed by atoms with Crippen molar-refractivity contribution in [3.8, 4) is 0 Å². The third kappa shape index (κ3) is 6.35. The monoisotopic (exact) mass is 444 g/mol. The van der Waals surface area contributed by atoms with Crippen molar-refractivity contribution >= 4 is 15.9 Å². The van der Waals surface area contributed by atoms with Gasteiger partial charge in [0.1, 0.15) is 0 Å². The number of hydrogen-bond acceptors (Lipinski definition) is 5. The van der Waals surface area contributed by atoms with Gasteiger partial charge in [-0.15, -0.1) is 0 Å². The summed E-state index contributed by atoms with van der Waals surface area (Å²) in [5, 5.41) is 0. The zero-order valence-corrected chi connectivity index (χ0v) is 19.3. The second kappa shape index (κ2) is 10.3. The van der Waals surface area contributed by atoms with E-state index in [9.17, 15) is 13.2 Å². The Balaban J connectivity index is 1.57. The topological polar surface area (TPSA) is 82.6 Å². The molecule has 0 spiro atoms. The number of piperidine rings is 1. The van der Waals surface area contributed by atoms with E-state index in [0.29, 0.717) is 5.56 Å². The Kier molecular flexibility index (Phi) is 7.80. The summed E-state index contributed by atoms with van der Waals surface area (Å²) >= 11 is 0. The summed E-state index contributed by atoms with van der Waals surface area (Å²) in [7, 11) is -1.83. The van der Waals surface area contributed by atoms with Crippen LogP contribution in [-0.2, 0) is 16.4 Å². The van der Waals surface area contributed by atoms with Crippen molar-refractivity contribution in [3.63, 3.8) is 0 Å². The number of amides is 1. The van der Waals surface area contributed by atoms with Gasteiger partial charge in [-0.2, -0.15) is 0 Å². The van der Waals surface area contributed by atoms with Crippen LogP contribution in [0.4, 0.5) is 0 Å². The highest BCUT2D eigenvalue weighted by molar-refractivity contribution is 7.89. The predicted molar refractivity (Wildman–Crippen MR) is 121 cm³/mol. The van der Waals surface area contributed by atoms with Gasteiger partial charge in [0, 0.05) is 62.6 Å². The second-order valence-electron chi connectivity index (χ2n) is 8.36. The average molecular weight is 445 g/mol. The zero-order chi connectivity index (χ0) is 22.4. The molecule has 0 atom stereocenters. The minimum absolute atomic E-state index is 0.116. The van der Waals surface area contributed by atoms with Crippen LogP contribution in [0.1, 0.15) is 42.7 Å². The minimum Gasteiger partial charge on any atom is -0.339 e. The highest BCUT2D eigenvalue weighted by atomic mass is 32.2. The molecule has 1 amide bonds. The first-order valence-corrected chi connectivity index (χ1v) is 12.3. The molecule has 1 fully saturated rings. The average Bonchev–Trinajstić information content (AvgIpc) is 2.77. The highest BCUT2D eigenvalue weighted by Gasteiger charge is 2.26. The fraction of sp³-hybridized carbons (Fsp3) is 0.478. The van der Waals surface area contributed by atoms with Crippen LogP contribution in [0, 0.1) is 0 Å². The Morgan fingerprint density at radius 3 is 2.58 bits per heavy atom. The normalized spacial score (nSPS) is 15.9. The quantitative estimate of drug-likeness (QED) is 0.677. The fourth-order valence-electron chi connectivity index (χ4n) is 3.89. The van der Waals surface area contributed by atoms with Crippen molar-refractivity contribution in [2.45, 2.75) is 50.1 Å². The van der Waals surface area contributed by atoms with Crippen molar-refractivity contribution in [2.24, 2.45) is 0 Å². The lowest BCUT2D eigenvalue weighted by molar-refractivity contribution is 0.0643. The number of carbonyl (C=O) groups is 1. The van der Waals surface area contributed by atoms with E-state index >= 15 is 0 Å². The molecule has 0 bridgehead atoms. The van der Waals surface area contributed by atoms with E-state index in [4.69, 9.17) is 0 Å². The molecule has 1 aliphatic heterocycles. The van der Waals surface area contributed by atoms with Gasteiger partial charge in [-0.25, -0.2) is 13.1 Å². The van der Waals surface area contributed by atoms with Crippen LogP contribution in [0.25, 0.3) is 0 Å². The first kappa shape index (κ1) is 23.4. The molecule has 168 valence electrons. The van der Waals surface area contributed by atoms with Gasteiger partial charge in [0.25, 0.3) is 5.91 Å². The summed E-state index contributed by atoms with van der Waals surface area (Å²) in [5.74, 6) is -0.145. The molecule has 0 unspecified atom stereocenters. The molecule has 8 heteroatoms. The van der Waals surface area contributed by atoms with Gasteiger partial charge in [-0.3, -0.25) is 9.78 Å². The van der Waals surface area contributed by atoms with E-state index in [-0.39, 0.29) is 22.9 Å². The Morgan fingerprint density at radius 1 is 1.19 bits per heavy atom. The highest BCUT2D eigenvalue weighted by Crippen LogP contribution is 2.19. The van der Waals surface area contributed by atoms with Gasteiger partial charge in [-0.1, -0.05) is 12.1 Å². The van der Waals surface area contributed by atoms with Gasteiger partial charge < -0.3 is 9.80 Å². The molecule has 1 N–H and O–H groups in total. The number of likely N-dealkylation sites (tertiary alicyclic amines) is 1. The van der Waals surface area contributed by atoms with Crippen LogP contribution in [0.3, 0.4) is 0 Å². The molecule has 1 saturated heterocycles. The van der Waals surface area contributed by atoms with Crippen LogP contribution in [0.15, 0.2) is 53.6 Å². The Bertz CT molecular complexity index is 971. The lowest BCUT2D eigenvalue weighted by atomic mass is 10.0. The predicted octanol–water partition coefficient (Wildman–Crippen LogP) is 2.55. The molecular weight excluding hydrogens is 412 g/mol. The van der Waals surface area contributed by atoms with Gasteiger partial charge in [0.2, 0.25) is 10.0 Å². The van der Waals surface area contributed by atoms with Crippen molar-refractivity contribution in [2.75, 3.05) is 26.7 Å². The summed E-state index contributed by atoms with van der Waals surface area (Å²) in [6.45, 7) is 6.36. The Labute approximate surface area is 185 Å². The minimum atomic E-state index is -3.64. The van der Waals surface area contributed by atoms with Crippen LogP contribution in [-0.4, -0.2) is 67.9 Å². The van der Waals surface area contributed by atoms with Crippen LogP contribution >= 0.6 is 0 Å². The molecule has 1 aromatic carbocycles. The number of aromatic nitrogens is 1. The van der Waals surface area contributed by atoms with E-state index in [1.165, 1.54) is 12.1 Å². The van der Waals surface area contributed by atoms with Crippen molar-refractivity contribution in [3.05, 3.63) is 59.9 Å². The largest absolute Gasteiger partial charge is 0.339 e. The van der Waals surface area contributed by atoms with E-state index in [0.717, 1.165) is 44.6 Å². The second-order valence-corrected chi connectivity index (χ2v) is 10.1. The zero-order valence-electron chi connectivity index (χ0n) is 18.5. The number of carbonyl (C=O) groups excluding carboxylic acids is 1. The molecule has 3 rings (SSSR count). The number of rotatable bonds is 8. The van der Waals surface area contributed by atoms with Crippen molar-refractivity contribution < 1.29 is 13.2 Å². The first-order chi connectivity index (χ1) is 14.8. The smallest absolute Gasteiger partial charge is 0.253 e. The van der Waals surface area contributed by atoms with E-state index in [1.807, 2.05) is 31.4 Å². The molecule has 0 saturated carbocycles. The fourth-order valence-corrected chi connectivity index (χ4v) is 5.19. The van der Waals surface area contributed by atoms with Gasteiger partial charge in [-0.05, 0) is 57.0 Å². The molecular formula is C23H32N4O3S. The number of sulfonamides is 1. The van der Waals surface area contributed by atoms with Crippen LogP contribution in [0.5, 0.6) is 0 Å². The number of pyridine rings is 1. The lowest BCUT2D eigenvalue weighted by Gasteiger charge is -2.36. The maximum absolute atomic E-state index is 13.0. The van der Waals surface area contributed by atoms with Crippen molar-refractivity contribution in [1.82, 2.24) is 19.5 Å². The molecule has 0 radical (unpaired) electrons. The van der Waals surface area contributed by atoms with Crippen molar-refractivity contribution in [1.29, 1.82) is 0 Å². The number of benzene rings is 1. The van der Waals surface area contributed by atoms with Gasteiger partial charge in [0.05, 0.1) is 4.90 Å². The van der Waals surface area contributed by atoms with Crippen LogP contribution < -0.4 is 4.72 Å². The van der Waals surface area contributed by atoms with E-state index < -0.39 is 10.0 Å². The maximum Gasteiger partial charge on any atom is 0.253 e. The molecule has 1 aliphatic rings. The van der Waals surface area contributed by atoms with E-state index in [1.54, 1.807) is 30.9 Å². The number of nitrogens with zero attached hydrogens (tertiary/aromatic N) is 3. The van der Waals surface area contributed by atoms with Gasteiger partial charge in [0.15, 0.2) is 0 Å². The summed E-state index contributed by atoms with van der Waals surface area (Å²) in [6.07, 6.45) is 4.54. The third-order valence-electron chi connectivity index (χ3n) is 5.62. The molecule has 2 heterocycles. The maximum atomic E-state index is 13.0. The Morgan fingerprint density at radius 2 is 1.94 bits per heavy atom. The Hall–Kier alpha value is -2.29. The third-order valence-corrected chi connectivity index (χ3v) is 7.27. The summed E-state index contributed by atoms with van der Waals surface area (Å²) < 4.78 is 27.4. The summed E-state index contributed by atoms with van der Waals surface area (Å²) in [4.78, 5) is 21.7. The molecule has 1 aromatic heterocycles. The number of nitrogens with one attached hydrogen (secondary N) is 1. The number of hydrogen-bond donors (Lipinski definition) is 1. The SMILES string of the molecule is CC(C)NS(=O)(=O)c1cccc(C(=O)N(C)C2CCN(CCc3ccccn3)CC2)c1. The molecule has 2 aromatic rings. The van der Waals surface area contributed by atoms with Crippen LogP contribution in [0.2, 0.25) is 0 Å². The summed E-state index contributed by atoms with van der Waals surface area (Å²) in [5.41, 5.74) is 1.49. The molecule has 0 aliphatic carbocycles. The lowest BCUT2D eigenvalue weighted by Crippen LogP contribution is -2.46. The van der Waals surface area contributed by atoms with Gasteiger partial charge >= 0.3 is 0 Å². The standard InChI is InChI=1S/C23H32N4O3S/c1-18(2)25-31(29,30)22-9-6-7-19(17-22)23(28)26(3)21-11-15-27(16-12-21)14-10-20-8-4-5-13-24-20/h4-9,13,17-18,21,25H,10-12,14-16H2,1-3H3. The molecule has 31 heavy (non-hydrogen) atoms. The summed E-state index contributed by atoms with van der Waals surface area (Å²) in [6, 6.07) is 12.2. The van der Waals surface area contributed by atoms with E-state index in [2.05, 4.69) is 14.6 Å².